The Morgan fingerprint density at radius 3 is 2.49 bits per heavy atom. The van der Waals surface area contributed by atoms with Crippen LogP contribution < -0.4 is 0 Å². The lowest BCUT2D eigenvalue weighted by Gasteiger charge is -2.63. The van der Waals surface area contributed by atoms with E-state index < -0.39 is 46.7 Å². The number of nitrogens with zero attached hydrogens (tertiary/aromatic N) is 1. The number of halogens is 2. The molecule has 5 nitrogen and oxygen atoms in total. The van der Waals surface area contributed by atoms with Crippen molar-refractivity contribution in [2.24, 2.45) is 34.0 Å². The number of ketones is 2. The summed E-state index contributed by atoms with van der Waals surface area (Å²) in [6, 6.07) is 0.348. The summed E-state index contributed by atoms with van der Waals surface area (Å²) in [5.41, 5.74) is -5.10. The summed E-state index contributed by atoms with van der Waals surface area (Å²) < 4.78 is 33.2. The molecule has 5 aliphatic rings. The van der Waals surface area contributed by atoms with E-state index >= 15 is 8.78 Å². The fourth-order valence-corrected chi connectivity index (χ4v) is 9.91. The SMILES string of the molecule is CCCC(CCC)N1C[C@@H]2C[C@H]3[C@@H]4C[C@H](F)C5=CC(=O)C=C[C@]5(C)[C@@]4(F)[C@@H](O)C[C@]3(C)[C@]2(C(=O)CO)C1. The van der Waals surface area contributed by atoms with Crippen LogP contribution in [-0.2, 0) is 9.59 Å². The predicted molar refractivity (Wildman–Crippen MR) is 137 cm³/mol. The zero-order valence-corrected chi connectivity index (χ0v) is 22.7. The molecule has 9 atom stereocenters. The Labute approximate surface area is 219 Å². The highest BCUT2D eigenvalue weighted by atomic mass is 19.1. The fourth-order valence-electron chi connectivity index (χ4n) is 9.91. The van der Waals surface area contributed by atoms with Gasteiger partial charge in [-0.25, -0.2) is 8.78 Å². The van der Waals surface area contributed by atoms with Crippen molar-refractivity contribution < 1.29 is 28.6 Å². The first-order valence-corrected chi connectivity index (χ1v) is 14.3. The molecule has 0 bridgehead atoms. The van der Waals surface area contributed by atoms with Gasteiger partial charge in [0.25, 0.3) is 0 Å². The van der Waals surface area contributed by atoms with E-state index in [2.05, 4.69) is 18.7 Å². The number of hydrogen-bond acceptors (Lipinski definition) is 5. The van der Waals surface area contributed by atoms with Crippen LogP contribution in [0.5, 0.6) is 0 Å². The van der Waals surface area contributed by atoms with Gasteiger partial charge in [0.05, 0.1) is 11.5 Å². The highest BCUT2D eigenvalue weighted by Crippen LogP contribution is 2.74. The van der Waals surface area contributed by atoms with Crippen molar-refractivity contribution >= 4 is 11.6 Å². The van der Waals surface area contributed by atoms with Crippen molar-refractivity contribution in [1.29, 1.82) is 0 Å². The average molecular weight is 520 g/mol. The van der Waals surface area contributed by atoms with Crippen molar-refractivity contribution in [3.05, 3.63) is 23.8 Å². The zero-order valence-electron chi connectivity index (χ0n) is 22.7. The third-order valence-corrected chi connectivity index (χ3v) is 11.6. The lowest BCUT2D eigenvalue weighted by molar-refractivity contribution is -0.212. The molecule has 4 fully saturated rings. The zero-order chi connectivity index (χ0) is 27.0. The van der Waals surface area contributed by atoms with Gasteiger partial charge in [-0.3, -0.25) is 14.5 Å². The van der Waals surface area contributed by atoms with Gasteiger partial charge < -0.3 is 10.2 Å². The number of Topliss-reactive ketones (excluding diaryl/α,β-unsaturated/α-hetero) is 1. The molecule has 0 aromatic heterocycles. The minimum atomic E-state index is -2.14. The first kappa shape index (κ1) is 27.1. The molecule has 206 valence electrons. The molecule has 2 N–H and O–H groups in total. The average Bonchev–Trinajstić information content (AvgIpc) is 3.35. The van der Waals surface area contributed by atoms with Crippen molar-refractivity contribution in [2.75, 3.05) is 19.7 Å². The van der Waals surface area contributed by atoms with Crippen molar-refractivity contribution in [3.8, 4) is 0 Å². The highest BCUT2D eigenvalue weighted by Gasteiger charge is 2.78. The Hall–Kier alpha value is -1.44. The molecule has 1 heterocycles. The van der Waals surface area contributed by atoms with Gasteiger partial charge in [0.1, 0.15) is 12.8 Å². The third-order valence-electron chi connectivity index (χ3n) is 11.6. The molecule has 3 saturated carbocycles. The number of allylic oxidation sites excluding steroid dienone is 4. The molecule has 0 unspecified atom stereocenters. The second-order valence-corrected chi connectivity index (χ2v) is 13.0. The van der Waals surface area contributed by atoms with Crippen molar-refractivity contribution in [3.63, 3.8) is 0 Å². The normalized spacial score (nSPS) is 46.9. The molecule has 0 aromatic rings. The summed E-state index contributed by atoms with van der Waals surface area (Å²) in [6.07, 6.45) is 5.76. The van der Waals surface area contributed by atoms with E-state index in [9.17, 15) is 19.8 Å². The molecule has 7 heteroatoms. The number of carbonyl (C=O) groups excluding carboxylic acids is 2. The summed E-state index contributed by atoms with van der Waals surface area (Å²) in [7, 11) is 0. The molecule has 0 radical (unpaired) electrons. The molecular weight excluding hydrogens is 476 g/mol. The van der Waals surface area contributed by atoms with Crippen LogP contribution in [0.1, 0.15) is 72.6 Å². The van der Waals surface area contributed by atoms with Crippen LogP contribution in [0.4, 0.5) is 8.78 Å². The number of aliphatic hydroxyl groups is 2. The van der Waals surface area contributed by atoms with Gasteiger partial charge in [0.2, 0.25) is 0 Å². The Bertz CT molecular complexity index is 1020. The summed E-state index contributed by atoms with van der Waals surface area (Å²) in [4.78, 5) is 28.2. The maximum Gasteiger partial charge on any atom is 0.178 e. The van der Waals surface area contributed by atoms with Crippen LogP contribution in [0.2, 0.25) is 0 Å². The number of alkyl halides is 2. The maximum absolute atomic E-state index is 17.5. The third kappa shape index (κ3) is 3.35. The Morgan fingerprint density at radius 1 is 1.19 bits per heavy atom. The second kappa shape index (κ2) is 9.06. The maximum atomic E-state index is 17.5. The van der Waals surface area contributed by atoms with E-state index in [4.69, 9.17) is 0 Å². The van der Waals surface area contributed by atoms with Gasteiger partial charge in [-0.1, -0.05) is 39.7 Å². The quantitative estimate of drug-likeness (QED) is 0.523. The number of carbonyl (C=O) groups is 2. The first-order valence-electron chi connectivity index (χ1n) is 14.3. The molecule has 4 aliphatic carbocycles. The second-order valence-electron chi connectivity index (χ2n) is 13.0. The monoisotopic (exact) mass is 519 g/mol. The smallest absolute Gasteiger partial charge is 0.178 e. The van der Waals surface area contributed by atoms with E-state index in [0.717, 1.165) is 25.7 Å². The number of rotatable bonds is 7. The molecular formula is C30H43F2NO4. The molecule has 0 amide bonds. The van der Waals surface area contributed by atoms with Gasteiger partial charge in [-0.2, -0.15) is 0 Å². The largest absolute Gasteiger partial charge is 0.390 e. The van der Waals surface area contributed by atoms with Crippen LogP contribution in [-0.4, -0.2) is 70.4 Å². The van der Waals surface area contributed by atoms with E-state index in [1.54, 1.807) is 6.92 Å². The Morgan fingerprint density at radius 2 is 1.86 bits per heavy atom. The van der Waals surface area contributed by atoms with Crippen LogP contribution in [0, 0.1) is 34.0 Å². The molecule has 0 spiro atoms. The topological polar surface area (TPSA) is 77.8 Å². The number of hydrogen-bond donors (Lipinski definition) is 2. The molecule has 0 aromatic carbocycles. The number of likely N-dealkylation sites (tertiary alicyclic amines) is 1. The molecule has 37 heavy (non-hydrogen) atoms. The van der Waals surface area contributed by atoms with E-state index in [1.165, 1.54) is 18.2 Å². The van der Waals surface area contributed by atoms with Crippen molar-refractivity contribution in [1.82, 2.24) is 4.90 Å². The Kier molecular flexibility index (Phi) is 6.64. The Balaban J connectivity index is 1.58. The number of fused-ring (bicyclic) bond motifs is 7. The van der Waals surface area contributed by atoms with Crippen LogP contribution >= 0.6 is 0 Å². The van der Waals surface area contributed by atoms with Gasteiger partial charge in [-0.15, -0.1) is 0 Å². The summed E-state index contributed by atoms with van der Waals surface area (Å²) >= 11 is 0. The molecule has 5 rings (SSSR count). The minimum absolute atomic E-state index is 0.0702. The standard InChI is InChI=1S/C30H43F2NO4/c1-5-7-19(8-6-2)33-15-18-11-21-22-13-24(31)23-12-20(35)9-10-27(23,3)30(22,32)25(36)14-28(21,4)29(18,17-33)26(37)16-34/h9-10,12,18-19,21-22,24-25,34,36H,5-8,11,13-17H2,1-4H3/t18-,21-,22-,24-,25-,27-,28-,29+,30-/m0/s1. The summed E-state index contributed by atoms with van der Waals surface area (Å²) in [5.74, 6) is -1.75. The minimum Gasteiger partial charge on any atom is -0.390 e. The molecule has 1 aliphatic heterocycles. The van der Waals surface area contributed by atoms with Crippen LogP contribution in [0.15, 0.2) is 23.8 Å². The number of aliphatic hydroxyl groups excluding tert-OH is 2. The van der Waals surface area contributed by atoms with E-state index in [0.29, 0.717) is 25.6 Å². The van der Waals surface area contributed by atoms with Crippen LogP contribution in [0.25, 0.3) is 0 Å². The first-order chi connectivity index (χ1) is 17.4. The van der Waals surface area contributed by atoms with Gasteiger partial charge in [-0.05, 0) is 74.0 Å². The molecule has 1 saturated heterocycles. The van der Waals surface area contributed by atoms with Crippen LogP contribution in [0.3, 0.4) is 0 Å². The summed E-state index contributed by atoms with van der Waals surface area (Å²) in [6.45, 7) is 8.56. The van der Waals surface area contributed by atoms with Gasteiger partial charge in [0.15, 0.2) is 17.2 Å². The van der Waals surface area contributed by atoms with Gasteiger partial charge in [0, 0.05) is 30.5 Å². The lowest BCUT2D eigenvalue weighted by Crippen LogP contribution is -2.69. The summed E-state index contributed by atoms with van der Waals surface area (Å²) in [5, 5.41) is 21.8. The lowest BCUT2D eigenvalue weighted by atomic mass is 9.43. The van der Waals surface area contributed by atoms with E-state index in [1.807, 2.05) is 6.92 Å². The van der Waals surface area contributed by atoms with Crippen molar-refractivity contribution in [2.45, 2.75) is 96.6 Å². The van der Waals surface area contributed by atoms with E-state index in [-0.39, 0.29) is 41.8 Å². The fraction of sp³-hybridized carbons (Fsp3) is 0.800. The van der Waals surface area contributed by atoms with Gasteiger partial charge >= 0.3 is 0 Å². The predicted octanol–water partition coefficient (Wildman–Crippen LogP) is 4.36. The highest BCUT2D eigenvalue weighted by molar-refractivity contribution is 6.01.